The van der Waals surface area contributed by atoms with Gasteiger partial charge in [-0.25, -0.2) is 0 Å². The van der Waals surface area contributed by atoms with Crippen molar-refractivity contribution < 1.29 is 0 Å². The molecule has 4 heteroatoms. The molecule has 0 unspecified atom stereocenters. The molecule has 0 aromatic carbocycles. The second-order valence-electron chi connectivity index (χ2n) is 4.35. The van der Waals surface area contributed by atoms with E-state index in [9.17, 15) is 0 Å². The van der Waals surface area contributed by atoms with Gasteiger partial charge in [-0.15, -0.1) is 15.8 Å². The van der Waals surface area contributed by atoms with Gasteiger partial charge >= 0.3 is 0 Å². The Labute approximate surface area is 91.8 Å². The molecule has 13 heavy (non-hydrogen) atoms. The fourth-order valence-corrected chi connectivity index (χ4v) is 9.21. The van der Waals surface area contributed by atoms with Crippen LogP contribution in [0.3, 0.4) is 0 Å². The van der Waals surface area contributed by atoms with Crippen molar-refractivity contribution in [2.24, 2.45) is 0 Å². The van der Waals surface area contributed by atoms with E-state index in [1.165, 1.54) is 24.6 Å². The summed E-state index contributed by atoms with van der Waals surface area (Å²) in [5, 5.41) is 0. The van der Waals surface area contributed by atoms with Crippen LogP contribution >= 0.6 is 21.9 Å². The summed E-state index contributed by atoms with van der Waals surface area (Å²) in [5.74, 6) is 0. The second kappa shape index (κ2) is 6.90. The highest BCUT2D eigenvalue weighted by Gasteiger charge is 2.11. The van der Waals surface area contributed by atoms with E-state index in [1.54, 1.807) is 0 Å². The zero-order valence-electron chi connectivity index (χ0n) is 9.58. The molecule has 0 saturated heterocycles. The lowest BCUT2D eigenvalue weighted by atomic mass is 10.9. The minimum Gasteiger partial charge on any atom is -0.113 e. The van der Waals surface area contributed by atoms with E-state index >= 15 is 0 Å². The predicted molar refractivity (Wildman–Crippen MR) is 77.2 cm³/mol. The van der Waals surface area contributed by atoms with Crippen LogP contribution in [0.5, 0.6) is 0 Å². The molecular formula is C9H23P3S. The average molecular weight is 256 g/mol. The van der Waals surface area contributed by atoms with Crippen molar-refractivity contribution in [2.75, 3.05) is 58.0 Å². The first-order valence-electron chi connectivity index (χ1n) is 4.68. The molecule has 0 atom stereocenters. The van der Waals surface area contributed by atoms with Crippen molar-refractivity contribution in [3.8, 4) is 0 Å². The molecule has 0 heterocycles. The lowest BCUT2D eigenvalue weighted by Gasteiger charge is -2.19. The maximum Gasteiger partial charge on any atom is -0.0198 e. The predicted octanol–water partition coefficient (Wildman–Crippen LogP) is 3.58. The van der Waals surface area contributed by atoms with E-state index in [1.807, 2.05) is 0 Å². The van der Waals surface area contributed by atoms with Crippen molar-refractivity contribution in [1.29, 1.82) is 0 Å². The maximum atomic E-state index is 5.71. The molecular weight excluding hydrogens is 233 g/mol. The van der Waals surface area contributed by atoms with Crippen LogP contribution in [0.1, 0.15) is 0 Å². The highest BCUT2D eigenvalue weighted by molar-refractivity contribution is 8.14. The van der Waals surface area contributed by atoms with Crippen molar-refractivity contribution in [3.63, 3.8) is 0 Å². The van der Waals surface area contributed by atoms with Crippen molar-refractivity contribution in [1.82, 2.24) is 0 Å². The molecule has 0 nitrogen and oxygen atoms in total. The Bertz CT molecular complexity index is 162. The zero-order valence-corrected chi connectivity index (χ0v) is 13.1. The minimum atomic E-state index is -0.935. The van der Waals surface area contributed by atoms with Crippen LogP contribution in [0.4, 0.5) is 0 Å². The normalized spacial score (nSPS) is 12.8. The van der Waals surface area contributed by atoms with Crippen molar-refractivity contribution in [3.05, 3.63) is 0 Å². The zero-order chi connectivity index (χ0) is 10.5. The lowest BCUT2D eigenvalue weighted by molar-refractivity contribution is 1.41. The molecule has 0 saturated carbocycles. The van der Waals surface area contributed by atoms with Gasteiger partial charge in [-0.1, -0.05) is 11.8 Å². The Hall–Kier alpha value is 1.51. The van der Waals surface area contributed by atoms with E-state index in [2.05, 4.69) is 33.3 Å². The molecule has 0 spiro atoms. The van der Waals surface area contributed by atoms with Gasteiger partial charge in [0, 0.05) is 0 Å². The summed E-state index contributed by atoms with van der Waals surface area (Å²) in [6, 6.07) is -0.935. The largest absolute Gasteiger partial charge is 0.113 e. The highest BCUT2D eigenvalue weighted by Crippen LogP contribution is 2.46. The summed E-state index contributed by atoms with van der Waals surface area (Å²) in [6.07, 6.45) is 5.50. The Balaban J connectivity index is 3.74. The Morgan fingerprint density at radius 3 is 1.46 bits per heavy atom. The van der Waals surface area contributed by atoms with E-state index in [4.69, 9.17) is 11.8 Å². The van der Waals surface area contributed by atoms with E-state index in [-0.39, 0.29) is 15.8 Å². The van der Waals surface area contributed by atoms with Crippen LogP contribution in [0.25, 0.3) is 0 Å². The van der Waals surface area contributed by atoms with Crippen LogP contribution < -0.4 is 0 Å². The summed E-state index contributed by atoms with van der Waals surface area (Å²) in [5.41, 5.74) is 0. The third-order valence-corrected chi connectivity index (χ3v) is 8.42. The van der Waals surface area contributed by atoms with Crippen molar-refractivity contribution >= 4 is 33.7 Å². The van der Waals surface area contributed by atoms with Crippen LogP contribution in [-0.2, 0) is 11.8 Å². The van der Waals surface area contributed by atoms with Crippen LogP contribution in [0.15, 0.2) is 0 Å². The van der Waals surface area contributed by atoms with Crippen LogP contribution in [-0.4, -0.2) is 58.0 Å². The SMILES string of the molecule is CP(C)CCP(C)(=S)CCP(C)C. The van der Waals surface area contributed by atoms with Gasteiger partial charge in [0.2, 0.25) is 0 Å². The third-order valence-electron chi connectivity index (χ3n) is 2.04. The topological polar surface area (TPSA) is 0 Å². The standard InChI is InChI=1S/C9H23P3S/c1-10(2)6-8-12(5,13)9-7-11(3)4/h6-9H2,1-5H3. The first-order valence-corrected chi connectivity index (χ1v) is 13.1. The quantitative estimate of drug-likeness (QED) is 0.654. The molecule has 0 rings (SSSR count). The molecule has 0 N–H and O–H groups in total. The van der Waals surface area contributed by atoms with E-state index in [0.717, 1.165) is 0 Å². The van der Waals surface area contributed by atoms with Gasteiger partial charge < -0.3 is 0 Å². The molecule has 80 valence electrons. The van der Waals surface area contributed by atoms with Gasteiger partial charge in [-0.05, 0) is 64.0 Å². The van der Waals surface area contributed by atoms with Crippen LogP contribution in [0, 0.1) is 0 Å². The number of hydrogen-bond acceptors (Lipinski definition) is 1. The Morgan fingerprint density at radius 1 is 0.923 bits per heavy atom. The maximum absolute atomic E-state index is 5.71. The molecule has 0 aliphatic carbocycles. The molecule has 0 aliphatic rings. The number of hydrogen-bond donors (Lipinski definition) is 0. The number of rotatable bonds is 6. The van der Waals surface area contributed by atoms with Gasteiger partial charge in [-0.3, -0.25) is 0 Å². The van der Waals surface area contributed by atoms with E-state index < -0.39 is 6.04 Å². The lowest BCUT2D eigenvalue weighted by Crippen LogP contribution is -2.00. The molecule has 0 fully saturated rings. The monoisotopic (exact) mass is 256 g/mol. The summed E-state index contributed by atoms with van der Waals surface area (Å²) in [6.45, 7) is 11.8. The first kappa shape index (κ1) is 14.5. The van der Waals surface area contributed by atoms with Gasteiger partial charge in [0.05, 0.1) is 0 Å². The summed E-state index contributed by atoms with van der Waals surface area (Å²) < 4.78 is 0. The van der Waals surface area contributed by atoms with Gasteiger partial charge in [0.1, 0.15) is 0 Å². The average Bonchev–Trinajstić information content (AvgIpc) is 1.98. The molecule has 0 aromatic rings. The van der Waals surface area contributed by atoms with E-state index in [0.29, 0.717) is 0 Å². The molecule has 0 radical (unpaired) electrons. The Morgan fingerprint density at radius 2 is 1.23 bits per heavy atom. The van der Waals surface area contributed by atoms with Crippen molar-refractivity contribution in [2.45, 2.75) is 0 Å². The molecule has 0 amide bonds. The fourth-order valence-electron chi connectivity index (χ4n) is 0.935. The van der Waals surface area contributed by atoms with Gasteiger partial charge in [0.15, 0.2) is 0 Å². The summed E-state index contributed by atoms with van der Waals surface area (Å²) in [4.78, 5) is 0. The highest BCUT2D eigenvalue weighted by atomic mass is 32.4. The van der Waals surface area contributed by atoms with Gasteiger partial charge in [0.25, 0.3) is 0 Å². The molecule has 0 bridgehead atoms. The smallest absolute Gasteiger partial charge is 0.0198 e. The minimum absolute atomic E-state index is 0.276. The second-order valence-corrected chi connectivity index (χ2v) is 15.7. The first-order chi connectivity index (χ1) is 5.83. The molecule has 0 aromatic heterocycles. The third kappa shape index (κ3) is 9.81. The summed E-state index contributed by atoms with van der Waals surface area (Å²) >= 11 is 5.71. The Kier molecular flexibility index (Phi) is 7.70. The fraction of sp³-hybridized carbons (Fsp3) is 1.00. The summed E-state index contributed by atoms with van der Waals surface area (Å²) in [7, 11) is 0.551. The molecule has 0 aliphatic heterocycles. The van der Waals surface area contributed by atoms with Gasteiger partial charge in [-0.2, -0.15) is 0 Å². The van der Waals surface area contributed by atoms with Crippen LogP contribution in [0.2, 0.25) is 0 Å².